The molecule has 0 fully saturated rings. The van der Waals surface area contributed by atoms with Crippen molar-refractivity contribution < 1.29 is 12.8 Å². The van der Waals surface area contributed by atoms with Crippen molar-refractivity contribution in [2.24, 2.45) is 0 Å². The number of aromatic nitrogens is 2. The zero-order valence-electron chi connectivity index (χ0n) is 12.9. The Balaban J connectivity index is 1.86. The number of nitriles is 1. The molecule has 25 heavy (non-hydrogen) atoms. The highest BCUT2D eigenvalue weighted by Crippen LogP contribution is 2.23. The first-order valence-corrected chi connectivity index (χ1v) is 8.76. The third-order valence-corrected chi connectivity index (χ3v) is 4.78. The van der Waals surface area contributed by atoms with Gasteiger partial charge in [-0.3, -0.25) is 4.72 Å². The Morgan fingerprint density at radius 1 is 1.24 bits per heavy atom. The number of H-pyrrole nitrogens is 1. The van der Waals surface area contributed by atoms with Crippen LogP contribution in [0.25, 0.3) is 11.3 Å². The van der Waals surface area contributed by atoms with Crippen LogP contribution >= 0.6 is 0 Å². The van der Waals surface area contributed by atoms with Gasteiger partial charge in [0, 0.05) is 18.1 Å². The van der Waals surface area contributed by atoms with Crippen molar-refractivity contribution in [2.45, 2.75) is 11.3 Å². The Labute approximate surface area is 144 Å². The molecule has 0 aliphatic carbocycles. The molecule has 3 rings (SSSR count). The number of hydrogen-bond donors (Lipinski definition) is 2. The number of nitrogens with zero attached hydrogens (tertiary/aromatic N) is 2. The summed E-state index contributed by atoms with van der Waals surface area (Å²) in [5.41, 5.74) is 1.82. The lowest BCUT2D eigenvalue weighted by molar-refractivity contribution is 0.597. The molecular formula is C17H13FN4O2S. The van der Waals surface area contributed by atoms with Crippen molar-refractivity contribution >= 4 is 15.8 Å². The first kappa shape index (κ1) is 16.7. The predicted octanol–water partition coefficient (Wildman–Crippen LogP) is 3.08. The molecule has 0 amide bonds. The van der Waals surface area contributed by atoms with Crippen molar-refractivity contribution in [3.63, 3.8) is 0 Å². The number of aromatic amines is 1. The van der Waals surface area contributed by atoms with E-state index in [2.05, 4.69) is 14.7 Å². The van der Waals surface area contributed by atoms with Crippen molar-refractivity contribution in [1.29, 1.82) is 5.26 Å². The van der Waals surface area contributed by atoms with Crippen LogP contribution in [0.1, 0.15) is 5.56 Å². The van der Waals surface area contributed by atoms with Gasteiger partial charge < -0.3 is 4.98 Å². The summed E-state index contributed by atoms with van der Waals surface area (Å²) in [6, 6.07) is 13.6. The Morgan fingerprint density at radius 3 is 2.68 bits per heavy atom. The van der Waals surface area contributed by atoms with E-state index in [1.165, 1.54) is 18.5 Å². The Kier molecular flexibility index (Phi) is 4.50. The second kappa shape index (κ2) is 6.75. The minimum atomic E-state index is -4.00. The summed E-state index contributed by atoms with van der Waals surface area (Å²) in [5.74, 6) is -1.25. The molecule has 0 unspecified atom stereocenters. The second-order valence-corrected chi connectivity index (χ2v) is 6.91. The summed E-state index contributed by atoms with van der Waals surface area (Å²) < 4.78 is 40.9. The van der Waals surface area contributed by atoms with E-state index in [0.717, 1.165) is 11.6 Å². The molecule has 0 aliphatic rings. The summed E-state index contributed by atoms with van der Waals surface area (Å²) in [5, 5.41) is 8.60. The maximum atomic E-state index is 14.0. The average Bonchev–Trinajstić information content (AvgIpc) is 3.09. The summed E-state index contributed by atoms with van der Waals surface area (Å²) in [6.45, 7) is 0. The first-order chi connectivity index (χ1) is 12.0. The fraction of sp³-hybridized carbons (Fsp3) is 0.0588. The lowest BCUT2D eigenvalue weighted by atomic mass is 10.2. The highest BCUT2D eigenvalue weighted by atomic mass is 32.2. The standard InChI is InChI=1S/C17H13FN4O2S/c18-15-8-12(6-7-19)10-21-17(15)22-25(23,24)14-9-16(20-11-14)13-4-2-1-3-5-13/h1-5,8-11,20H,6H2,(H,21,22). The number of anilines is 1. The van der Waals surface area contributed by atoms with Gasteiger partial charge in [0.05, 0.1) is 12.5 Å². The van der Waals surface area contributed by atoms with Gasteiger partial charge in [0.1, 0.15) is 4.90 Å². The van der Waals surface area contributed by atoms with E-state index in [4.69, 9.17) is 5.26 Å². The Morgan fingerprint density at radius 2 is 2.00 bits per heavy atom. The maximum absolute atomic E-state index is 14.0. The normalized spacial score (nSPS) is 11.0. The van der Waals surface area contributed by atoms with Gasteiger partial charge in [0.15, 0.2) is 11.6 Å². The highest BCUT2D eigenvalue weighted by molar-refractivity contribution is 7.92. The van der Waals surface area contributed by atoms with Gasteiger partial charge in [-0.15, -0.1) is 0 Å². The lowest BCUT2D eigenvalue weighted by Gasteiger charge is -2.07. The Bertz CT molecular complexity index is 1040. The van der Waals surface area contributed by atoms with E-state index in [0.29, 0.717) is 11.3 Å². The van der Waals surface area contributed by atoms with Crippen molar-refractivity contribution in [2.75, 3.05) is 4.72 Å². The number of pyridine rings is 1. The largest absolute Gasteiger partial charge is 0.360 e. The third kappa shape index (κ3) is 3.67. The van der Waals surface area contributed by atoms with Crippen LogP contribution in [0.4, 0.5) is 10.2 Å². The number of sulfonamides is 1. The van der Waals surface area contributed by atoms with E-state index in [9.17, 15) is 12.8 Å². The van der Waals surface area contributed by atoms with Crippen LogP contribution in [-0.2, 0) is 16.4 Å². The molecule has 8 heteroatoms. The van der Waals surface area contributed by atoms with Crippen molar-refractivity contribution in [3.05, 3.63) is 66.2 Å². The van der Waals surface area contributed by atoms with Gasteiger partial charge in [-0.1, -0.05) is 30.3 Å². The monoisotopic (exact) mass is 356 g/mol. The van der Waals surface area contributed by atoms with Crippen LogP contribution < -0.4 is 4.72 Å². The van der Waals surface area contributed by atoms with Crippen LogP contribution in [0.5, 0.6) is 0 Å². The molecule has 6 nitrogen and oxygen atoms in total. The van der Waals surface area contributed by atoms with Crippen LogP contribution in [0.15, 0.2) is 59.8 Å². The molecule has 0 saturated heterocycles. The van der Waals surface area contributed by atoms with E-state index in [1.807, 2.05) is 36.4 Å². The number of benzene rings is 1. The molecule has 0 bridgehead atoms. The average molecular weight is 356 g/mol. The third-order valence-electron chi connectivity index (χ3n) is 3.46. The van der Waals surface area contributed by atoms with Crippen LogP contribution in [-0.4, -0.2) is 18.4 Å². The molecule has 0 spiro atoms. The fourth-order valence-corrected chi connectivity index (χ4v) is 3.25. The molecule has 0 atom stereocenters. The predicted molar refractivity (Wildman–Crippen MR) is 90.5 cm³/mol. The van der Waals surface area contributed by atoms with Crippen LogP contribution in [0.2, 0.25) is 0 Å². The SMILES string of the molecule is N#CCc1cnc(NS(=O)(=O)c2c[nH]c(-c3ccccc3)c2)c(F)c1. The number of nitrogens with one attached hydrogen (secondary N) is 2. The molecule has 1 aromatic carbocycles. The first-order valence-electron chi connectivity index (χ1n) is 7.27. The van der Waals surface area contributed by atoms with Crippen molar-refractivity contribution in [3.8, 4) is 17.3 Å². The highest BCUT2D eigenvalue weighted by Gasteiger charge is 2.19. The molecule has 0 saturated carbocycles. The summed E-state index contributed by atoms with van der Waals surface area (Å²) in [6.07, 6.45) is 2.58. The second-order valence-electron chi connectivity index (χ2n) is 5.23. The fourth-order valence-electron chi connectivity index (χ4n) is 2.24. The molecule has 3 aromatic rings. The summed E-state index contributed by atoms with van der Waals surface area (Å²) >= 11 is 0. The maximum Gasteiger partial charge on any atom is 0.264 e. The van der Waals surface area contributed by atoms with E-state index in [-0.39, 0.29) is 11.3 Å². The quantitative estimate of drug-likeness (QED) is 0.734. The molecule has 126 valence electrons. The zero-order valence-corrected chi connectivity index (χ0v) is 13.7. The number of hydrogen-bond acceptors (Lipinski definition) is 4. The lowest BCUT2D eigenvalue weighted by Crippen LogP contribution is -2.14. The molecule has 2 N–H and O–H groups in total. The molecule has 0 aliphatic heterocycles. The summed E-state index contributed by atoms with van der Waals surface area (Å²) in [4.78, 5) is 6.60. The van der Waals surface area contributed by atoms with E-state index >= 15 is 0 Å². The van der Waals surface area contributed by atoms with Gasteiger partial charge in [0.25, 0.3) is 10.0 Å². The van der Waals surface area contributed by atoms with Gasteiger partial charge in [-0.25, -0.2) is 17.8 Å². The Hall–Kier alpha value is -3.18. The number of rotatable bonds is 5. The smallest absolute Gasteiger partial charge is 0.264 e. The topological polar surface area (TPSA) is 98.6 Å². The van der Waals surface area contributed by atoms with Crippen LogP contribution in [0.3, 0.4) is 0 Å². The van der Waals surface area contributed by atoms with E-state index in [1.54, 1.807) is 0 Å². The zero-order chi connectivity index (χ0) is 17.9. The molecular weight excluding hydrogens is 343 g/mol. The van der Waals surface area contributed by atoms with Crippen molar-refractivity contribution in [1.82, 2.24) is 9.97 Å². The minimum absolute atomic E-state index is 0.00477. The van der Waals surface area contributed by atoms with Gasteiger partial charge in [-0.05, 0) is 23.3 Å². The summed E-state index contributed by atoms with van der Waals surface area (Å²) in [7, 11) is -4.00. The van der Waals surface area contributed by atoms with E-state index < -0.39 is 21.7 Å². The van der Waals surface area contributed by atoms with Gasteiger partial charge >= 0.3 is 0 Å². The molecule has 2 aromatic heterocycles. The van der Waals surface area contributed by atoms with Gasteiger partial charge in [0.2, 0.25) is 0 Å². The molecule has 2 heterocycles. The minimum Gasteiger partial charge on any atom is -0.360 e. The number of halogens is 1. The molecule has 0 radical (unpaired) electrons. The van der Waals surface area contributed by atoms with Crippen LogP contribution in [0, 0.1) is 17.1 Å². The van der Waals surface area contributed by atoms with Gasteiger partial charge in [-0.2, -0.15) is 5.26 Å².